The highest BCUT2D eigenvalue weighted by Gasteiger charge is 2.70. The van der Waals surface area contributed by atoms with Crippen molar-refractivity contribution in [3.05, 3.63) is 93.5 Å². The number of phenols is 1. The lowest BCUT2D eigenvalue weighted by molar-refractivity contribution is -0.141. The summed E-state index contributed by atoms with van der Waals surface area (Å²) in [5.74, 6) is -4.82. The highest BCUT2D eigenvalue weighted by molar-refractivity contribution is 6.36. The van der Waals surface area contributed by atoms with E-state index in [2.05, 4.69) is 5.43 Å². The minimum atomic E-state index is -1.59. The molecule has 248 valence electrons. The molecular weight excluding hydrogens is 657 g/mol. The number of anilines is 1. The molecule has 1 saturated carbocycles. The molecule has 12 heteroatoms. The first-order valence-electron chi connectivity index (χ1n) is 15.7. The molecule has 2 heterocycles. The third kappa shape index (κ3) is 4.45. The number of fused-ring (bicyclic) bond motifs is 4. The first-order valence-corrected chi connectivity index (χ1v) is 16.5. The molecule has 0 radical (unpaired) electrons. The number of rotatable bonds is 7. The van der Waals surface area contributed by atoms with E-state index in [1.165, 1.54) is 25.2 Å². The van der Waals surface area contributed by atoms with Gasteiger partial charge in [0.05, 0.1) is 48.1 Å². The van der Waals surface area contributed by atoms with Crippen molar-refractivity contribution in [2.45, 2.75) is 31.1 Å². The fourth-order valence-electron chi connectivity index (χ4n) is 8.50. The summed E-state index contributed by atoms with van der Waals surface area (Å²) in [7, 11) is 2.97. The fourth-order valence-corrected chi connectivity index (χ4v) is 8.95. The number of phenolic OH excluding ortho intramolecular Hbond substituents is 1. The molecule has 3 aromatic rings. The number of allylic oxidation sites excluding steroid dienone is 2. The van der Waals surface area contributed by atoms with E-state index in [-0.39, 0.29) is 47.7 Å². The van der Waals surface area contributed by atoms with Gasteiger partial charge in [0.1, 0.15) is 5.75 Å². The Hall–Kier alpha value is -4.54. The summed E-state index contributed by atoms with van der Waals surface area (Å²) < 4.78 is 10.9. The van der Waals surface area contributed by atoms with Gasteiger partial charge >= 0.3 is 0 Å². The standard InChI is InChI=1S/C36H33Cl2N3O7/c1-4-40-32(43)22-14-13-21-24(29(22)34(40)45)17-25-33(44)41(39-27-15-10-19(37)16-26(27)38)35(46)36(25,18-8-11-20(47-2)12-9-18)30(21)23-6-5-7-28(48-3)31(23)42/h5-13,15-16,22,24-25,29-30,39,42H,4,14,17H2,1-3H3. The van der Waals surface area contributed by atoms with E-state index in [1.54, 1.807) is 61.5 Å². The largest absolute Gasteiger partial charge is 0.504 e. The summed E-state index contributed by atoms with van der Waals surface area (Å²) in [6.07, 6.45) is 2.34. The summed E-state index contributed by atoms with van der Waals surface area (Å²) in [5, 5.41) is 13.3. The molecule has 0 aromatic heterocycles. The van der Waals surface area contributed by atoms with Gasteiger partial charge in [-0.3, -0.25) is 29.5 Å². The van der Waals surface area contributed by atoms with Gasteiger partial charge < -0.3 is 14.6 Å². The Morgan fingerprint density at radius 1 is 0.938 bits per heavy atom. The van der Waals surface area contributed by atoms with Crippen LogP contribution in [0.3, 0.4) is 0 Å². The quantitative estimate of drug-likeness (QED) is 0.238. The predicted molar refractivity (Wildman–Crippen MR) is 178 cm³/mol. The summed E-state index contributed by atoms with van der Waals surface area (Å²) in [5.41, 5.74) is 3.27. The number of ether oxygens (including phenoxy) is 2. The lowest BCUT2D eigenvalue weighted by Gasteiger charge is -2.50. The number of hydrogen-bond acceptors (Lipinski definition) is 8. The number of halogens is 2. The number of aromatic hydroxyl groups is 1. The van der Waals surface area contributed by atoms with Gasteiger partial charge in [-0.25, -0.2) is 0 Å². The van der Waals surface area contributed by atoms with E-state index < -0.39 is 46.8 Å². The number of hydrogen-bond donors (Lipinski definition) is 2. The van der Waals surface area contributed by atoms with Gasteiger partial charge in [-0.05, 0) is 67.6 Å². The predicted octanol–water partition coefficient (Wildman–Crippen LogP) is 5.72. The molecule has 4 aliphatic rings. The molecule has 2 saturated heterocycles. The Labute approximate surface area is 287 Å². The zero-order chi connectivity index (χ0) is 34.1. The SMILES string of the molecule is CCN1C(=O)C2CC=C3C(CC4C(=O)N(Nc5ccc(Cl)cc5Cl)C(=O)C4(c4ccc(OC)cc4)C3c3cccc(OC)c3O)C2C1=O. The second-order valence-electron chi connectivity index (χ2n) is 12.5. The number of carbonyl (C=O) groups is 4. The Kier molecular flexibility index (Phi) is 7.91. The van der Waals surface area contributed by atoms with Crippen LogP contribution >= 0.6 is 23.2 Å². The van der Waals surface area contributed by atoms with Gasteiger partial charge in [-0.2, -0.15) is 5.01 Å². The molecule has 4 amide bonds. The molecule has 3 fully saturated rings. The fraction of sp³-hybridized carbons (Fsp3) is 0.333. The third-order valence-corrected chi connectivity index (χ3v) is 11.1. The number of nitrogens with one attached hydrogen (secondary N) is 1. The highest BCUT2D eigenvalue weighted by atomic mass is 35.5. The summed E-state index contributed by atoms with van der Waals surface area (Å²) in [6.45, 7) is 2.00. The Morgan fingerprint density at radius 2 is 1.69 bits per heavy atom. The number of likely N-dealkylation sites (tertiary alicyclic amines) is 1. The lowest BCUT2D eigenvalue weighted by atomic mass is 9.49. The van der Waals surface area contributed by atoms with E-state index in [0.29, 0.717) is 27.6 Å². The monoisotopic (exact) mass is 689 g/mol. The van der Waals surface area contributed by atoms with Gasteiger partial charge in [0.25, 0.3) is 11.8 Å². The maximum atomic E-state index is 15.2. The van der Waals surface area contributed by atoms with E-state index in [0.717, 1.165) is 10.6 Å². The number of nitrogens with zero attached hydrogens (tertiary/aromatic N) is 2. The number of hydrazine groups is 1. The molecule has 2 N–H and O–H groups in total. The van der Waals surface area contributed by atoms with Gasteiger partial charge in [0.15, 0.2) is 11.5 Å². The van der Waals surface area contributed by atoms with E-state index in [4.69, 9.17) is 32.7 Å². The van der Waals surface area contributed by atoms with Crippen LogP contribution in [0.1, 0.15) is 36.8 Å². The maximum Gasteiger partial charge on any atom is 0.260 e. The van der Waals surface area contributed by atoms with Crippen molar-refractivity contribution in [1.29, 1.82) is 0 Å². The van der Waals surface area contributed by atoms with Crippen molar-refractivity contribution < 1.29 is 33.8 Å². The number of methoxy groups -OCH3 is 2. The summed E-state index contributed by atoms with van der Waals surface area (Å²) >= 11 is 12.6. The van der Waals surface area contributed by atoms with Crippen LogP contribution in [0.4, 0.5) is 5.69 Å². The van der Waals surface area contributed by atoms with E-state index >= 15 is 4.79 Å². The van der Waals surface area contributed by atoms with Crippen LogP contribution in [0.2, 0.25) is 10.0 Å². The molecule has 2 aliphatic carbocycles. The van der Waals surface area contributed by atoms with Crippen molar-refractivity contribution in [1.82, 2.24) is 9.91 Å². The Morgan fingerprint density at radius 3 is 2.35 bits per heavy atom. The average molecular weight is 691 g/mol. The molecule has 7 rings (SSSR count). The minimum absolute atomic E-state index is 0.119. The van der Waals surface area contributed by atoms with Crippen LogP contribution in [0.15, 0.2) is 72.3 Å². The van der Waals surface area contributed by atoms with Crippen molar-refractivity contribution in [2.24, 2.45) is 23.7 Å². The molecule has 48 heavy (non-hydrogen) atoms. The highest BCUT2D eigenvalue weighted by Crippen LogP contribution is 2.65. The minimum Gasteiger partial charge on any atom is -0.504 e. The number of para-hydroxylation sites is 1. The Bertz CT molecular complexity index is 1900. The second kappa shape index (κ2) is 11.9. The molecule has 6 atom stereocenters. The van der Waals surface area contributed by atoms with E-state index in [9.17, 15) is 19.5 Å². The smallest absolute Gasteiger partial charge is 0.260 e. The first-order chi connectivity index (χ1) is 23.1. The molecule has 0 bridgehead atoms. The van der Waals surface area contributed by atoms with Gasteiger partial charge in [-0.1, -0.05) is 59.1 Å². The van der Waals surface area contributed by atoms with Crippen LogP contribution in [0.5, 0.6) is 17.2 Å². The molecule has 10 nitrogen and oxygen atoms in total. The van der Waals surface area contributed by atoms with Crippen LogP contribution in [-0.2, 0) is 24.6 Å². The average Bonchev–Trinajstić information content (AvgIpc) is 3.46. The van der Waals surface area contributed by atoms with Crippen LogP contribution in [-0.4, -0.2) is 59.4 Å². The van der Waals surface area contributed by atoms with Crippen LogP contribution < -0.4 is 14.9 Å². The van der Waals surface area contributed by atoms with Crippen molar-refractivity contribution in [3.8, 4) is 17.2 Å². The lowest BCUT2D eigenvalue weighted by Crippen LogP contribution is -2.53. The number of carbonyl (C=O) groups excluding carboxylic acids is 4. The van der Waals surface area contributed by atoms with Gasteiger partial charge in [0.2, 0.25) is 11.8 Å². The summed E-state index contributed by atoms with van der Waals surface area (Å²) in [6, 6.07) is 16.7. The van der Waals surface area contributed by atoms with Gasteiger partial charge in [0, 0.05) is 23.0 Å². The van der Waals surface area contributed by atoms with Crippen LogP contribution in [0, 0.1) is 23.7 Å². The normalized spacial score (nSPS) is 27.8. The summed E-state index contributed by atoms with van der Waals surface area (Å²) in [4.78, 5) is 58.5. The van der Waals surface area contributed by atoms with E-state index in [1.807, 2.05) is 6.08 Å². The number of imide groups is 2. The first kappa shape index (κ1) is 32.0. The topological polar surface area (TPSA) is 125 Å². The zero-order valence-corrected chi connectivity index (χ0v) is 27.9. The molecule has 0 spiro atoms. The van der Waals surface area contributed by atoms with Crippen LogP contribution in [0.25, 0.3) is 0 Å². The molecule has 2 aliphatic heterocycles. The number of amides is 4. The van der Waals surface area contributed by atoms with Gasteiger partial charge in [-0.15, -0.1) is 0 Å². The molecule has 3 aromatic carbocycles. The second-order valence-corrected chi connectivity index (χ2v) is 13.4. The van der Waals surface area contributed by atoms with Crippen molar-refractivity contribution >= 4 is 52.5 Å². The molecule has 6 unspecified atom stereocenters. The Balaban J connectivity index is 1.49. The van der Waals surface area contributed by atoms with Crippen molar-refractivity contribution in [2.75, 3.05) is 26.2 Å². The number of benzene rings is 3. The zero-order valence-electron chi connectivity index (χ0n) is 26.4. The van der Waals surface area contributed by atoms with Crippen molar-refractivity contribution in [3.63, 3.8) is 0 Å². The molecular formula is C36H33Cl2N3O7. The third-order valence-electron chi connectivity index (χ3n) is 10.5. The maximum absolute atomic E-state index is 15.2.